The van der Waals surface area contributed by atoms with E-state index < -0.39 is 10.0 Å². The van der Waals surface area contributed by atoms with Crippen LogP contribution in [-0.4, -0.2) is 31.5 Å². The van der Waals surface area contributed by atoms with Gasteiger partial charge in [0.15, 0.2) is 0 Å². The molecule has 8 heteroatoms. The number of hydrogen-bond acceptors (Lipinski definition) is 6. The van der Waals surface area contributed by atoms with Gasteiger partial charge < -0.3 is 10.6 Å². The molecule has 4 N–H and O–H groups in total. The number of anilines is 2. The lowest BCUT2D eigenvalue weighted by Gasteiger charge is -2.08. The lowest BCUT2D eigenvalue weighted by atomic mass is 10.1. The number of primary sulfonamides is 1. The van der Waals surface area contributed by atoms with Crippen molar-refractivity contribution in [2.45, 2.75) is 24.7 Å². The van der Waals surface area contributed by atoms with Crippen LogP contribution in [0.1, 0.15) is 18.9 Å². The predicted octanol–water partition coefficient (Wildman–Crippen LogP) is 1.60. The van der Waals surface area contributed by atoms with E-state index in [-0.39, 0.29) is 4.90 Å². The van der Waals surface area contributed by atoms with Crippen LogP contribution in [0, 0.1) is 0 Å². The number of nitrogens with zero attached hydrogens (tertiary/aromatic N) is 2. The second kappa shape index (κ2) is 7.89. The van der Waals surface area contributed by atoms with E-state index in [1.54, 1.807) is 12.1 Å². The van der Waals surface area contributed by atoms with Gasteiger partial charge in [0.2, 0.25) is 10.0 Å². The Morgan fingerprint density at radius 2 is 1.65 bits per heavy atom. The van der Waals surface area contributed by atoms with E-state index in [0.717, 1.165) is 36.6 Å². The summed E-state index contributed by atoms with van der Waals surface area (Å²) in [7, 11) is -3.64. The molecule has 1 heterocycles. The first-order valence-corrected chi connectivity index (χ1v) is 8.95. The van der Waals surface area contributed by atoms with Gasteiger partial charge in [-0.05, 0) is 30.5 Å². The largest absolute Gasteiger partial charge is 0.370 e. The van der Waals surface area contributed by atoms with Crippen molar-refractivity contribution in [3.05, 3.63) is 42.2 Å². The zero-order valence-corrected chi connectivity index (χ0v) is 13.8. The molecule has 0 spiro atoms. The second-order valence-corrected chi connectivity index (χ2v) is 6.64. The van der Waals surface area contributed by atoms with Gasteiger partial charge in [-0.25, -0.2) is 23.5 Å². The number of hydrogen-bond donors (Lipinski definition) is 3. The van der Waals surface area contributed by atoms with Crippen molar-refractivity contribution in [3.63, 3.8) is 0 Å². The fraction of sp³-hybridized carbons (Fsp3) is 0.333. The second-order valence-electron chi connectivity index (χ2n) is 5.08. The summed E-state index contributed by atoms with van der Waals surface area (Å²) in [6.07, 6.45) is 3.29. The number of sulfonamides is 1. The van der Waals surface area contributed by atoms with Crippen LogP contribution >= 0.6 is 0 Å². The molecule has 7 nitrogen and oxygen atoms in total. The third-order valence-electron chi connectivity index (χ3n) is 3.19. The van der Waals surface area contributed by atoms with Crippen LogP contribution in [-0.2, 0) is 16.4 Å². The molecule has 0 aliphatic heterocycles. The standard InChI is InChI=1S/C15H21N5O2S/c1-2-8-17-14-10-15(20-11-19-14)18-9-7-12-3-5-13(6-4-12)23(16,21)22/h3-6,10-11H,2,7-9H2,1H3,(H2,16,21,22)(H2,17,18,19,20). The van der Waals surface area contributed by atoms with Gasteiger partial charge >= 0.3 is 0 Å². The first kappa shape index (κ1) is 17.2. The van der Waals surface area contributed by atoms with Crippen molar-refractivity contribution in [2.24, 2.45) is 5.14 Å². The van der Waals surface area contributed by atoms with Crippen molar-refractivity contribution in [2.75, 3.05) is 23.7 Å². The summed E-state index contributed by atoms with van der Waals surface area (Å²) in [6.45, 7) is 3.64. The summed E-state index contributed by atoms with van der Waals surface area (Å²) in [5.41, 5.74) is 1.02. The average molecular weight is 335 g/mol. The molecule has 0 aliphatic rings. The van der Waals surface area contributed by atoms with E-state index in [0.29, 0.717) is 6.54 Å². The lowest BCUT2D eigenvalue weighted by Crippen LogP contribution is -2.12. The fourth-order valence-electron chi connectivity index (χ4n) is 1.98. The normalized spacial score (nSPS) is 11.2. The first-order chi connectivity index (χ1) is 11.0. The number of benzene rings is 1. The Morgan fingerprint density at radius 1 is 1.04 bits per heavy atom. The fourth-order valence-corrected chi connectivity index (χ4v) is 2.50. The molecule has 0 bridgehead atoms. The van der Waals surface area contributed by atoms with Crippen molar-refractivity contribution in [1.29, 1.82) is 0 Å². The summed E-state index contributed by atoms with van der Waals surface area (Å²) in [5, 5.41) is 11.5. The summed E-state index contributed by atoms with van der Waals surface area (Å²) in [4.78, 5) is 8.43. The molecule has 0 fully saturated rings. The predicted molar refractivity (Wildman–Crippen MR) is 90.8 cm³/mol. The van der Waals surface area contributed by atoms with Gasteiger partial charge in [-0.1, -0.05) is 19.1 Å². The van der Waals surface area contributed by atoms with Crippen LogP contribution in [0.3, 0.4) is 0 Å². The quantitative estimate of drug-likeness (QED) is 0.676. The Morgan fingerprint density at radius 3 is 2.22 bits per heavy atom. The highest BCUT2D eigenvalue weighted by Gasteiger charge is 2.06. The third kappa shape index (κ3) is 5.50. The van der Waals surface area contributed by atoms with Gasteiger partial charge in [0, 0.05) is 19.2 Å². The van der Waals surface area contributed by atoms with Gasteiger partial charge in [-0.2, -0.15) is 0 Å². The highest BCUT2D eigenvalue weighted by atomic mass is 32.2. The van der Waals surface area contributed by atoms with Crippen molar-refractivity contribution < 1.29 is 8.42 Å². The van der Waals surface area contributed by atoms with Crippen molar-refractivity contribution in [3.8, 4) is 0 Å². The van der Waals surface area contributed by atoms with Crippen LogP contribution in [0.15, 0.2) is 41.6 Å². The zero-order chi connectivity index (χ0) is 16.7. The van der Waals surface area contributed by atoms with E-state index in [1.807, 2.05) is 6.07 Å². The van der Waals surface area contributed by atoms with Gasteiger partial charge in [0.25, 0.3) is 0 Å². The van der Waals surface area contributed by atoms with Crippen LogP contribution in [0.4, 0.5) is 11.6 Å². The molecule has 1 aromatic heterocycles. The molecule has 0 saturated heterocycles. The third-order valence-corrected chi connectivity index (χ3v) is 4.12. The molecule has 0 atom stereocenters. The van der Waals surface area contributed by atoms with Crippen LogP contribution in [0.2, 0.25) is 0 Å². The van der Waals surface area contributed by atoms with E-state index in [9.17, 15) is 8.42 Å². The summed E-state index contributed by atoms with van der Waals surface area (Å²) in [5.74, 6) is 1.54. The molecule has 0 radical (unpaired) electrons. The average Bonchev–Trinajstić information content (AvgIpc) is 2.53. The van der Waals surface area contributed by atoms with Crippen LogP contribution < -0.4 is 15.8 Å². The number of rotatable bonds is 8. The molecule has 0 saturated carbocycles. The Balaban J connectivity index is 1.87. The van der Waals surface area contributed by atoms with Crippen LogP contribution in [0.25, 0.3) is 0 Å². The van der Waals surface area contributed by atoms with E-state index in [1.165, 1.54) is 18.5 Å². The van der Waals surface area contributed by atoms with E-state index >= 15 is 0 Å². The smallest absolute Gasteiger partial charge is 0.238 e. The number of nitrogens with two attached hydrogens (primary N) is 1. The van der Waals surface area contributed by atoms with Gasteiger partial charge in [0.1, 0.15) is 18.0 Å². The van der Waals surface area contributed by atoms with E-state index in [2.05, 4.69) is 27.5 Å². The molecule has 2 rings (SSSR count). The number of nitrogens with one attached hydrogen (secondary N) is 2. The minimum atomic E-state index is -3.64. The Bertz CT molecular complexity index is 732. The summed E-state index contributed by atoms with van der Waals surface area (Å²) >= 11 is 0. The highest BCUT2D eigenvalue weighted by Crippen LogP contribution is 2.11. The summed E-state index contributed by atoms with van der Waals surface area (Å²) in [6, 6.07) is 8.41. The molecular formula is C15H21N5O2S. The Labute approximate surface area is 136 Å². The summed E-state index contributed by atoms with van der Waals surface area (Å²) < 4.78 is 22.4. The molecule has 124 valence electrons. The molecular weight excluding hydrogens is 314 g/mol. The lowest BCUT2D eigenvalue weighted by molar-refractivity contribution is 0.598. The minimum absolute atomic E-state index is 0.122. The zero-order valence-electron chi connectivity index (χ0n) is 13.0. The maximum Gasteiger partial charge on any atom is 0.238 e. The number of aromatic nitrogens is 2. The Kier molecular flexibility index (Phi) is 5.89. The van der Waals surface area contributed by atoms with Crippen molar-refractivity contribution >= 4 is 21.7 Å². The molecule has 2 aromatic rings. The van der Waals surface area contributed by atoms with Gasteiger partial charge in [-0.15, -0.1) is 0 Å². The monoisotopic (exact) mass is 335 g/mol. The highest BCUT2D eigenvalue weighted by molar-refractivity contribution is 7.89. The molecule has 0 amide bonds. The van der Waals surface area contributed by atoms with E-state index in [4.69, 9.17) is 5.14 Å². The van der Waals surface area contributed by atoms with Crippen molar-refractivity contribution in [1.82, 2.24) is 9.97 Å². The first-order valence-electron chi connectivity index (χ1n) is 7.40. The molecule has 1 aromatic carbocycles. The molecule has 0 aliphatic carbocycles. The molecule has 23 heavy (non-hydrogen) atoms. The van der Waals surface area contributed by atoms with Crippen LogP contribution in [0.5, 0.6) is 0 Å². The Hall–Kier alpha value is -2.19. The molecule has 0 unspecified atom stereocenters. The van der Waals surface area contributed by atoms with Gasteiger partial charge in [0.05, 0.1) is 4.90 Å². The topological polar surface area (TPSA) is 110 Å². The minimum Gasteiger partial charge on any atom is -0.370 e. The maximum absolute atomic E-state index is 11.2. The van der Waals surface area contributed by atoms with Gasteiger partial charge in [-0.3, -0.25) is 0 Å². The SMILES string of the molecule is CCCNc1cc(NCCc2ccc(S(N)(=O)=O)cc2)ncn1. The maximum atomic E-state index is 11.2.